The molecule has 0 radical (unpaired) electrons. The zero-order valence-electron chi connectivity index (χ0n) is 11.3. The lowest BCUT2D eigenvalue weighted by atomic mass is 10.1. The summed E-state index contributed by atoms with van der Waals surface area (Å²) in [5.74, 6) is 0.881. The maximum absolute atomic E-state index is 11.5. The van der Waals surface area contributed by atoms with Crippen LogP contribution < -0.4 is 15.4 Å². The first-order valence-corrected chi connectivity index (χ1v) is 6.25. The molecule has 1 aromatic rings. The number of amides is 1. The van der Waals surface area contributed by atoms with E-state index in [1.54, 1.807) is 7.11 Å². The molecule has 0 atom stereocenters. The molecule has 0 aliphatic heterocycles. The predicted octanol–water partition coefficient (Wildman–Crippen LogP) is 1.35. The fourth-order valence-corrected chi connectivity index (χ4v) is 1.53. The van der Waals surface area contributed by atoms with Crippen LogP contribution in [0.1, 0.15) is 19.4 Å². The summed E-state index contributed by atoms with van der Waals surface area (Å²) < 4.78 is 5.15. The van der Waals surface area contributed by atoms with Crippen LogP contribution in [0.4, 0.5) is 0 Å². The Labute approximate surface area is 109 Å². The molecular formula is C14H22N2O2. The van der Waals surface area contributed by atoms with Gasteiger partial charge in [-0.15, -0.1) is 0 Å². The fourth-order valence-electron chi connectivity index (χ4n) is 1.53. The van der Waals surface area contributed by atoms with Crippen molar-refractivity contribution in [2.24, 2.45) is 0 Å². The maximum atomic E-state index is 11.5. The lowest BCUT2D eigenvalue weighted by molar-refractivity contribution is -0.120. The molecule has 1 amide bonds. The van der Waals surface area contributed by atoms with Crippen LogP contribution in [0.5, 0.6) is 5.75 Å². The van der Waals surface area contributed by atoms with Crippen LogP contribution in [0.15, 0.2) is 24.3 Å². The highest BCUT2D eigenvalue weighted by Crippen LogP contribution is 2.12. The Hall–Kier alpha value is -1.55. The van der Waals surface area contributed by atoms with Gasteiger partial charge in [0.2, 0.25) is 5.91 Å². The van der Waals surface area contributed by atoms with Crippen molar-refractivity contribution in [1.82, 2.24) is 10.6 Å². The Bertz CT molecular complexity index is 378. The number of carbonyl (C=O) groups is 1. The van der Waals surface area contributed by atoms with Gasteiger partial charge in [0.1, 0.15) is 5.75 Å². The Balaban J connectivity index is 2.26. The van der Waals surface area contributed by atoms with Gasteiger partial charge in [-0.1, -0.05) is 26.0 Å². The van der Waals surface area contributed by atoms with Crippen LogP contribution in [0.3, 0.4) is 0 Å². The largest absolute Gasteiger partial charge is 0.497 e. The van der Waals surface area contributed by atoms with Crippen LogP contribution in [-0.2, 0) is 11.2 Å². The monoisotopic (exact) mass is 250 g/mol. The van der Waals surface area contributed by atoms with Crippen molar-refractivity contribution in [2.45, 2.75) is 26.3 Å². The average molecular weight is 250 g/mol. The number of carbonyl (C=O) groups excluding carboxylic acids is 1. The molecule has 0 aromatic heterocycles. The molecule has 100 valence electrons. The van der Waals surface area contributed by atoms with Crippen molar-refractivity contribution < 1.29 is 9.53 Å². The van der Waals surface area contributed by atoms with Crippen LogP contribution >= 0.6 is 0 Å². The highest BCUT2D eigenvalue weighted by Gasteiger charge is 2.02. The topological polar surface area (TPSA) is 50.4 Å². The Morgan fingerprint density at radius 3 is 2.83 bits per heavy atom. The summed E-state index contributed by atoms with van der Waals surface area (Å²) in [6, 6.07) is 8.21. The van der Waals surface area contributed by atoms with E-state index in [1.165, 1.54) is 0 Å². The molecule has 18 heavy (non-hydrogen) atoms. The quantitative estimate of drug-likeness (QED) is 0.768. The molecule has 1 aromatic carbocycles. The van der Waals surface area contributed by atoms with Crippen molar-refractivity contribution in [3.05, 3.63) is 29.8 Å². The van der Waals surface area contributed by atoms with E-state index in [2.05, 4.69) is 10.6 Å². The normalized spacial score (nSPS) is 10.4. The van der Waals surface area contributed by atoms with Gasteiger partial charge in [-0.25, -0.2) is 0 Å². The summed E-state index contributed by atoms with van der Waals surface area (Å²) in [7, 11) is 1.65. The second-order valence-electron chi connectivity index (χ2n) is 4.49. The number of benzene rings is 1. The molecule has 0 bridgehead atoms. The van der Waals surface area contributed by atoms with E-state index in [0.29, 0.717) is 19.1 Å². The molecule has 0 aliphatic carbocycles. The van der Waals surface area contributed by atoms with Crippen LogP contribution in [-0.4, -0.2) is 32.1 Å². The molecule has 4 heteroatoms. The van der Waals surface area contributed by atoms with E-state index < -0.39 is 0 Å². The van der Waals surface area contributed by atoms with Crippen molar-refractivity contribution in [3.8, 4) is 5.75 Å². The molecule has 2 N–H and O–H groups in total. The van der Waals surface area contributed by atoms with Gasteiger partial charge in [0.25, 0.3) is 0 Å². The van der Waals surface area contributed by atoms with Crippen LogP contribution in [0.25, 0.3) is 0 Å². The Morgan fingerprint density at radius 2 is 2.17 bits per heavy atom. The predicted molar refractivity (Wildman–Crippen MR) is 72.8 cm³/mol. The summed E-state index contributed by atoms with van der Waals surface area (Å²) >= 11 is 0. The lowest BCUT2D eigenvalue weighted by Gasteiger charge is -2.09. The second kappa shape index (κ2) is 7.71. The molecule has 0 saturated heterocycles. The molecule has 0 saturated carbocycles. The zero-order chi connectivity index (χ0) is 13.4. The van der Waals surface area contributed by atoms with Gasteiger partial charge in [0.05, 0.1) is 13.7 Å². The first-order valence-electron chi connectivity index (χ1n) is 6.25. The molecule has 0 fully saturated rings. The Morgan fingerprint density at radius 1 is 1.39 bits per heavy atom. The van der Waals surface area contributed by atoms with Crippen molar-refractivity contribution in [3.63, 3.8) is 0 Å². The minimum Gasteiger partial charge on any atom is -0.497 e. The fraction of sp³-hybridized carbons (Fsp3) is 0.500. The van der Waals surface area contributed by atoms with Crippen molar-refractivity contribution >= 4 is 5.91 Å². The summed E-state index contributed by atoms with van der Waals surface area (Å²) in [4.78, 5) is 11.5. The van der Waals surface area contributed by atoms with E-state index >= 15 is 0 Å². The SMILES string of the molecule is COc1cccc(CCNC(=O)CNC(C)C)c1. The zero-order valence-corrected chi connectivity index (χ0v) is 11.3. The Kier molecular flexibility index (Phi) is 6.22. The standard InChI is InChI=1S/C14H22N2O2/c1-11(2)16-10-14(17)15-8-7-12-5-4-6-13(9-12)18-3/h4-6,9,11,16H,7-8,10H2,1-3H3,(H,15,17). The lowest BCUT2D eigenvalue weighted by Crippen LogP contribution is -2.37. The molecule has 0 unspecified atom stereocenters. The van der Waals surface area contributed by atoms with E-state index in [4.69, 9.17) is 4.74 Å². The highest BCUT2D eigenvalue weighted by atomic mass is 16.5. The summed E-state index contributed by atoms with van der Waals surface area (Å²) in [5, 5.41) is 5.96. The molecule has 1 rings (SSSR count). The third-order valence-electron chi connectivity index (χ3n) is 2.54. The van der Waals surface area contributed by atoms with Gasteiger partial charge < -0.3 is 15.4 Å². The van der Waals surface area contributed by atoms with Gasteiger partial charge in [-0.3, -0.25) is 4.79 Å². The third-order valence-corrected chi connectivity index (χ3v) is 2.54. The van der Waals surface area contributed by atoms with E-state index in [9.17, 15) is 4.79 Å². The van der Waals surface area contributed by atoms with Gasteiger partial charge in [-0.05, 0) is 24.1 Å². The van der Waals surface area contributed by atoms with E-state index in [1.807, 2.05) is 38.1 Å². The smallest absolute Gasteiger partial charge is 0.233 e. The van der Waals surface area contributed by atoms with Gasteiger partial charge in [0, 0.05) is 12.6 Å². The minimum atomic E-state index is 0.0339. The van der Waals surface area contributed by atoms with Gasteiger partial charge in [0.15, 0.2) is 0 Å². The van der Waals surface area contributed by atoms with Crippen LogP contribution in [0.2, 0.25) is 0 Å². The summed E-state index contributed by atoms with van der Waals surface area (Å²) in [5.41, 5.74) is 1.16. The number of hydrogen-bond donors (Lipinski definition) is 2. The van der Waals surface area contributed by atoms with Gasteiger partial charge >= 0.3 is 0 Å². The van der Waals surface area contributed by atoms with Crippen molar-refractivity contribution in [2.75, 3.05) is 20.2 Å². The highest BCUT2D eigenvalue weighted by molar-refractivity contribution is 5.77. The third kappa shape index (κ3) is 5.68. The number of ether oxygens (including phenoxy) is 1. The average Bonchev–Trinajstić information content (AvgIpc) is 2.36. The van der Waals surface area contributed by atoms with Crippen LogP contribution in [0, 0.1) is 0 Å². The molecular weight excluding hydrogens is 228 g/mol. The first kappa shape index (κ1) is 14.5. The second-order valence-corrected chi connectivity index (χ2v) is 4.49. The first-order chi connectivity index (χ1) is 8.61. The van der Waals surface area contributed by atoms with E-state index in [-0.39, 0.29) is 5.91 Å². The minimum absolute atomic E-state index is 0.0339. The summed E-state index contributed by atoms with van der Waals surface area (Å²) in [6.45, 7) is 5.05. The number of rotatable bonds is 7. The van der Waals surface area contributed by atoms with Crippen molar-refractivity contribution in [1.29, 1.82) is 0 Å². The van der Waals surface area contributed by atoms with E-state index in [0.717, 1.165) is 17.7 Å². The summed E-state index contributed by atoms with van der Waals surface area (Å²) in [6.07, 6.45) is 0.810. The number of nitrogens with one attached hydrogen (secondary N) is 2. The molecule has 0 spiro atoms. The molecule has 4 nitrogen and oxygen atoms in total. The number of methoxy groups -OCH3 is 1. The molecule has 0 heterocycles. The van der Waals surface area contributed by atoms with Gasteiger partial charge in [-0.2, -0.15) is 0 Å². The molecule has 0 aliphatic rings. The maximum Gasteiger partial charge on any atom is 0.233 e. The number of hydrogen-bond acceptors (Lipinski definition) is 3.